The molecule has 0 unspecified atom stereocenters. The topological polar surface area (TPSA) is 137 Å². The van der Waals surface area contributed by atoms with E-state index in [0.717, 1.165) is 0 Å². The number of hydrogen-bond donors (Lipinski definition) is 0. The molecule has 0 atom stereocenters. The van der Waals surface area contributed by atoms with Crippen LogP contribution in [0.3, 0.4) is 0 Å². The molecule has 42 heavy (non-hydrogen) atoms. The Bertz CT molecular complexity index is 1880. The van der Waals surface area contributed by atoms with Gasteiger partial charge < -0.3 is 0 Å². The van der Waals surface area contributed by atoms with Crippen molar-refractivity contribution in [3.63, 3.8) is 0 Å². The van der Waals surface area contributed by atoms with Crippen LogP contribution in [0.2, 0.25) is 0 Å². The number of hydrogen-bond acceptors (Lipinski definition) is 8. The highest BCUT2D eigenvalue weighted by molar-refractivity contribution is 7.95. The zero-order chi connectivity index (χ0) is 30.2. The maximum atomic E-state index is 14.0. The highest BCUT2D eigenvalue weighted by atomic mass is 32.2. The molecule has 5 aromatic rings. The van der Waals surface area contributed by atoms with Gasteiger partial charge in [0.05, 0.1) is 39.2 Å². The quantitative estimate of drug-likeness (QED) is 0.231. The van der Waals surface area contributed by atoms with Crippen molar-refractivity contribution in [1.82, 2.24) is 0 Å². The molecule has 5 rings (SSSR count). The Morgan fingerprint density at radius 3 is 0.595 bits per heavy atom. The minimum Gasteiger partial charge on any atom is -0.218 e. The SMILES string of the molecule is O=S(=O)(c1ccccc1)c1cc(S(=O)(=O)c2ccccc2)c(S(=O)(=O)c2ccccc2)cc1S(=O)(=O)c1ccccc1. The molecule has 0 N–H and O–H groups in total. The van der Waals surface area contributed by atoms with E-state index in [2.05, 4.69) is 0 Å². The highest BCUT2D eigenvalue weighted by Gasteiger charge is 2.37. The van der Waals surface area contributed by atoms with Crippen molar-refractivity contribution in [2.24, 2.45) is 0 Å². The Kier molecular flexibility index (Phi) is 7.66. The summed E-state index contributed by atoms with van der Waals surface area (Å²) in [7, 11) is -18.8. The lowest BCUT2D eigenvalue weighted by Gasteiger charge is -2.18. The molecule has 12 heteroatoms. The van der Waals surface area contributed by atoms with E-state index >= 15 is 0 Å². The van der Waals surface area contributed by atoms with E-state index in [-0.39, 0.29) is 19.6 Å². The van der Waals surface area contributed by atoms with E-state index in [9.17, 15) is 33.7 Å². The van der Waals surface area contributed by atoms with E-state index in [4.69, 9.17) is 0 Å². The molecule has 214 valence electrons. The van der Waals surface area contributed by atoms with E-state index < -0.39 is 58.9 Å². The molecule has 0 fully saturated rings. The number of benzene rings is 5. The Morgan fingerprint density at radius 2 is 0.429 bits per heavy atom. The van der Waals surface area contributed by atoms with Gasteiger partial charge in [0.15, 0.2) is 0 Å². The maximum absolute atomic E-state index is 14.0. The van der Waals surface area contributed by atoms with E-state index in [1.54, 1.807) is 24.3 Å². The van der Waals surface area contributed by atoms with Crippen LogP contribution in [-0.2, 0) is 39.3 Å². The van der Waals surface area contributed by atoms with Gasteiger partial charge in [-0.15, -0.1) is 0 Å². The van der Waals surface area contributed by atoms with Crippen LogP contribution in [-0.4, -0.2) is 33.7 Å². The minimum atomic E-state index is -4.69. The summed E-state index contributed by atoms with van der Waals surface area (Å²) in [4.78, 5) is -4.74. The number of sulfone groups is 4. The molecular formula is C30H22O8S4. The lowest BCUT2D eigenvalue weighted by atomic mass is 10.3. The van der Waals surface area contributed by atoms with Crippen molar-refractivity contribution in [2.45, 2.75) is 39.2 Å². The molecule has 0 heterocycles. The third-order valence-electron chi connectivity index (χ3n) is 6.38. The summed E-state index contributed by atoms with van der Waals surface area (Å²) >= 11 is 0. The van der Waals surface area contributed by atoms with E-state index in [1.165, 1.54) is 97.1 Å². The maximum Gasteiger partial charge on any atom is 0.207 e. The summed E-state index contributed by atoms with van der Waals surface area (Å²) in [6.07, 6.45) is 0. The second-order valence-corrected chi connectivity index (χ2v) is 16.7. The minimum absolute atomic E-state index is 0.309. The van der Waals surface area contributed by atoms with Gasteiger partial charge in [-0.3, -0.25) is 0 Å². The molecule has 0 aliphatic rings. The molecule has 0 amide bonds. The van der Waals surface area contributed by atoms with Crippen LogP contribution in [0.5, 0.6) is 0 Å². The fraction of sp³-hybridized carbons (Fsp3) is 0. The highest BCUT2D eigenvalue weighted by Crippen LogP contribution is 2.39. The van der Waals surface area contributed by atoms with Crippen LogP contribution in [0, 0.1) is 0 Å². The van der Waals surface area contributed by atoms with Gasteiger partial charge in [0.25, 0.3) is 0 Å². The third kappa shape index (κ3) is 5.18. The molecule has 0 bridgehead atoms. The Hall–Kier alpha value is -4.10. The van der Waals surface area contributed by atoms with Crippen molar-refractivity contribution < 1.29 is 33.7 Å². The van der Waals surface area contributed by atoms with Crippen LogP contribution in [0.1, 0.15) is 0 Å². The van der Waals surface area contributed by atoms with Crippen LogP contribution in [0.25, 0.3) is 0 Å². The zero-order valence-corrected chi connectivity index (χ0v) is 24.9. The molecule has 0 spiro atoms. The van der Waals surface area contributed by atoms with Crippen molar-refractivity contribution in [3.8, 4) is 0 Å². The van der Waals surface area contributed by atoms with Gasteiger partial charge in [-0.1, -0.05) is 72.8 Å². The fourth-order valence-corrected chi connectivity index (χ4v) is 11.2. The average Bonchev–Trinajstić information content (AvgIpc) is 3.02. The molecule has 8 nitrogen and oxygen atoms in total. The normalized spacial score (nSPS) is 12.6. The molecule has 0 aliphatic heterocycles. The standard InChI is InChI=1S/C30H22O8S4/c31-39(32,23-13-5-1-6-14-23)27-21-29(41(35,36)25-17-9-3-10-18-25)30(42(37,38)26-19-11-4-12-20-26)22-28(27)40(33,34)24-15-7-2-8-16-24/h1-22H. The van der Waals surface area contributed by atoms with Gasteiger partial charge in [-0.05, 0) is 60.7 Å². The van der Waals surface area contributed by atoms with Crippen LogP contribution >= 0.6 is 0 Å². The van der Waals surface area contributed by atoms with Gasteiger partial charge in [0.1, 0.15) is 0 Å². The predicted octanol–water partition coefficient (Wildman–Crippen LogP) is 5.02. The molecule has 0 saturated carbocycles. The van der Waals surface area contributed by atoms with Gasteiger partial charge in [0, 0.05) is 0 Å². The van der Waals surface area contributed by atoms with Crippen molar-refractivity contribution in [3.05, 3.63) is 133 Å². The number of rotatable bonds is 8. The second kappa shape index (κ2) is 11.0. The average molecular weight is 639 g/mol. The van der Waals surface area contributed by atoms with E-state index in [0.29, 0.717) is 12.1 Å². The predicted molar refractivity (Wildman–Crippen MR) is 154 cm³/mol. The van der Waals surface area contributed by atoms with Gasteiger partial charge in [0.2, 0.25) is 39.3 Å². The molecule has 0 aromatic heterocycles. The fourth-order valence-electron chi connectivity index (χ4n) is 4.27. The monoisotopic (exact) mass is 638 g/mol. The largest absolute Gasteiger partial charge is 0.218 e. The van der Waals surface area contributed by atoms with Crippen LogP contribution in [0.15, 0.2) is 173 Å². The van der Waals surface area contributed by atoms with Gasteiger partial charge in [-0.2, -0.15) is 0 Å². The summed E-state index contributed by atoms with van der Waals surface area (Å²) in [6.45, 7) is 0. The Morgan fingerprint density at radius 1 is 0.262 bits per heavy atom. The second-order valence-electron chi connectivity index (χ2n) is 9.01. The van der Waals surface area contributed by atoms with Crippen molar-refractivity contribution in [2.75, 3.05) is 0 Å². The van der Waals surface area contributed by atoms with Crippen molar-refractivity contribution in [1.29, 1.82) is 0 Å². The molecule has 5 aromatic carbocycles. The summed E-state index contributed by atoms with van der Waals surface area (Å²) in [6, 6.07) is 28.7. The first-order chi connectivity index (χ1) is 19.9. The summed E-state index contributed by atoms with van der Waals surface area (Å²) < 4.78 is 112. The summed E-state index contributed by atoms with van der Waals surface area (Å²) in [5, 5.41) is 0. The molecule has 0 radical (unpaired) electrons. The smallest absolute Gasteiger partial charge is 0.207 e. The zero-order valence-electron chi connectivity index (χ0n) is 21.6. The first-order valence-electron chi connectivity index (χ1n) is 12.3. The molecular weight excluding hydrogens is 617 g/mol. The molecule has 0 saturated heterocycles. The van der Waals surface area contributed by atoms with Gasteiger partial charge in [-0.25, -0.2) is 33.7 Å². The first kappa shape index (κ1) is 29.4. The lowest BCUT2D eigenvalue weighted by Crippen LogP contribution is -2.17. The van der Waals surface area contributed by atoms with Crippen LogP contribution < -0.4 is 0 Å². The summed E-state index contributed by atoms with van der Waals surface area (Å²) in [5.74, 6) is 0. The molecule has 0 aliphatic carbocycles. The lowest BCUT2D eigenvalue weighted by molar-refractivity contribution is 0.573. The van der Waals surface area contributed by atoms with E-state index in [1.807, 2.05) is 0 Å². The van der Waals surface area contributed by atoms with Crippen molar-refractivity contribution >= 4 is 39.3 Å². The summed E-state index contributed by atoms with van der Waals surface area (Å²) in [5.41, 5.74) is 0. The third-order valence-corrected chi connectivity index (χ3v) is 13.9. The van der Waals surface area contributed by atoms with Gasteiger partial charge >= 0.3 is 0 Å². The Balaban J connectivity index is 1.97. The first-order valence-corrected chi connectivity index (χ1v) is 18.2. The van der Waals surface area contributed by atoms with Crippen LogP contribution in [0.4, 0.5) is 0 Å². The Labute approximate surface area is 244 Å².